The zero-order chi connectivity index (χ0) is 13.3. The molecule has 0 saturated carbocycles. The van der Waals surface area contributed by atoms with Crippen molar-refractivity contribution in [1.82, 2.24) is 15.1 Å². The van der Waals surface area contributed by atoms with Crippen LogP contribution in [0.1, 0.15) is 27.2 Å². The second-order valence-electron chi connectivity index (χ2n) is 5.40. The van der Waals surface area contributed by atoms with Gasteiger partial charge in [0.2, 0.25) is 5.91 Å². The zero-order valence-electron chi connectivity index (χ0n) is 11.6. The molecule has 5 nitrogen and oxygen atoms in total. The smallest absolute Gasteiger partial charge is 0.244 e. The maximum Gasteiger partial charge on any atom is 0.244 e. The van der Waals surface area contributed by atoms with Crippen LogP contribution in [0.5, 0.6) is 0 Å². The van der Waals surface area contributed by atoms with E-state index in [-0.39, 0.29) is 11.9 Å². The summed E-state index contributed by atoms with van der Waals surface area (Å²) in [6, 6.07) is 0.301. The lowest BCUT2D eigenvalue weighted by atomic mass is 10.1. The number of carbonyl (C=O) groups is 1. The van der Waals surface area contributed by atoms with Gasteiger partial charge in [0.05, 0.1) is 17.9 Å². The number of rotatable bonds is 4. The van der Waals surface area contributed by atoms with Gasteiger partial charge < -0.3 is 10.2 Å². The van der Waals surface area contributed by atoms with E-state index in [4.69, 9.17) is 0 Å². The van der Waals surface area contributed by atoms with Crippen molar-refractivity contribution in [1.29, 1.82) is 0 Å². The van der Waals surface area contributed by atoms with Crippen LogP contribution in [-0.4, -0.2) is 34.3 Å². The van der Waals surface area contributed by atoms with Crippen LogP contribution in [0.15, 0.2) is 12.4 Å². The fourth-order valence-electron chi connectivity index (χ4n) is 2.15. The first-order valence-corrected chi connectivity index (χ1v) is 6.55. The Kier molecular flexibility index (Phi) is 3.71. The molecule has 2 unspecified atom stereocenters. The zero-order valence-corrected chi connectivity index (χ0v) is 11.6. The van der Waals surface area contributed by atoms with Gasteiger partial charge in [-0.25, -0.2) is 0 Å². The summed E-state index contributed by atoms with van der Waals surface area (Å²) < 4.78 is 1.72. The summed E-state index contributed by atoms with van der Waals surface area (Å²) in [7, 11) is 1.86. The van der Waals surface area contributed by atoms with Gasteiger partial charge in [-0.05, 0) is 19.3 Å². The van der Waals surface area contributed by atoms with E-state index in [2.05, 4.69) is 31.2 Å². The highest BCUT2D eigenvalue weighted by Gasteiger charge is 2.33. The molecule has 1 fully saturated rings. The minimum absolute atomic E-state index is 0.0531. The Morgan fingerprint density at radius 3 is 2.72 bits per heavy atom. The van der Waals surface area contributed by atoms with Crippen molar-refractivity contribution < 1.29 is 4.79 Å². The summed E-state index contributed by atoms with van der Waals surface area (Å²) >= 11 is 0. The Morgan fingerprint density at radius 1 is 1.44 bits per heavy atom. The van der Waals surface area contributed by atoms with Gasteiger partial charge in [0.25, 0.3) is 0 Å². The lowest BCUT2D eigenvalue weighted by Crippen LogP contribution is -2.44. The minimum Gasteiger partial charge on any atom is -0.308 e. The molecule has 100 valence electrons. The summed E-state index contributed by atoms with van der Waals surface area (Å²) in [5.41, 5.74) is 0.893. The van der Waals surface area contributed by atoms with Crippen LogP contribution in [0, 0.1) is 5.92 Å². The molecule has 1 saturated heterocycles. The molecule has 1 amide bonds. The number of aromatic nitrogens is 2. The van der Waals surface area contributed by atoms with Gasteiger partial charge in [-0.1, -0.05) is 13.8 Å². The summed E-state index contributed by atoms with van der Waals surface area (Å²) in [4.78, 5) is 14.1. The minimum atomic E-state index is -0.0531. The highest BCUT2D eigenvalue weighted by Crippen LogP contribution is 2.21. The number of amides is 1. The monoisotopic (exact) mass is 250 g/mol. The molecule has 1 aliphatic rings. The SMILES string of the molecule is CC(C)C(C)NC1CCN(c2cnn(C)c2)C1=O. The van der Waals surface area contributed by atoms with Gasteiger partial charge >= 0.3 is 0 Å². The molecule has 2 heterocycles. The molecule has 0 bridgehead atoms. The largest absolute Gasteiger partial charge is 0.308 e. The molecule has 18 heavy (non-hydrogen) atoms. The van der Waals surface area contributed by atoms with Crippen LogP contribution in [0.2, 0.25) is 0 Å². The molecular weight excluding hydrogens is 228 g/mol. The van der Waals surface area contributed by atoms with Crippen LogP contribution in [-0.2, 0) is 11.8 Å². The van der Waals surface area contributed by atoms with Crippen LogP contribution >= 0.6 is 0 Å². The number of aryl methyl sites for hydroxylation is 1. The van der Waals surface area contributed by atoms with Crippen molar-refractivity contribution in [2.24, 2.45) is 13.0 Å². The van der Waals surface area contributed by atoms with E-state index >= 15 is 0 Å². The molecule has 0 aliphatic carbocycles. The number of nitrogens with one attached hydrogen (secondary N) is 1. The van der Waals surface area contributed by atoms with E-state index in [9.17, 15) is 4.79 Å². The highest BCUT2D eigenvalue weighted by atomic mass is 16.2. The van der Waals surface area contributed by atoms with Gasteiger partial charge in [-0.2, -0.15) is 5.10 Å². The van der Waals surface area contributed by atoms with Crippen molar-refractivity contribution in [3.8, 4) is 0 Å². The molecule has 1 aliphatic heterocycles. The Morgan fingerprint density at radius 2 is 2.17 bits per heavy atom. The van der Waals surface area contributed by atoms with E-state index in [1.54, 1.807) is 10.9 Å². The first-order valence-electron chi connectivity index (χ1n) is 6.55. The van der Waals surface area contributed by atoms with E-state index in [1.165, 1.54) is 0 Å². The van der Waals surface area contributed by atoms with Crippen LogP contribution in [0.25, 0.3) is 0 Å². The average Bonchev–Trinajstić information content (AvgIpc) is 2.87. The van der Waals surface area contributed by atoms with Gasteiger partial charge in [0, 0.05) is 25.8 Å². The van der Waals surface area contributed by atoms with Crippen molar-refractivity contribution >= 4 is 11.6 Å². The molecule has 5 heteroatoms. The topological polar surface area (TPSA) is 50.2 Å². The molecule has 2 atom stereocenters. The molecule has 1 aromatic rings. The number of anilines is 1. The number of hydrogen-bond donors (Lipinski definition) is 1. The average molecular weight is 250 g/mol. The van der Waals surface area contributed by atoms with Crippen LogP contribution in [0.3, 0.4) is 0 Å². The van der Waals surface area contributed by atoms with E-state index in [0.29, 0.717) is 12.0 Å². The third kappa shape index (κ3) is 2.56. The normalized spacial score (nSPS) is 21.9. The maximum atomic E-state index is 12.3. The number of nitrogens with zero attached hydrogens (tertiary/aromatic N) is 3. The standard InChI is InChI=1S/C13H22N4O/c1-9(2)10(3)15-12-5-6-17(13(12)18)11-7-14-16(4)8-11/h7-10,12,15H,5-6H2,1-4H3. The summed E-state index contributed by atoms with van der Waals surface area (Å²) in [6.45, 7) is 7.23. The first kappa shape index (κ1) is 13.1. The van der Waals surface area contributed by atoms with E-state index in [0.717, 1.165) is 18.7 Å². The van der Waals surface area contributed by atoms with Gasteiger partial charge in [0.1, 0.15) is 0 Å². The first-order chi connectivity index (χ1) is 8.49. The molecule has 0 aromatic carbocycles. The van der Waals surface area contributed by atoms with E-state index < -0.39 is 0 Å². The Labute approximate surface area is 108 Å². The predicted octanol–water partition coefficient (Wildman–Crippen LogP) is 1.16. The summed E-state index contributed by atoms with van der Waals surface area (Å²) in [6.07, 6.45) is 4.49. The molecule has 2 rings (SSSR count). The Balaban J connectivity index is 2.01. The van der Waals surface area contributed by atoms with Crippen molar-refractivity contribution in [2.45, 2.75) is 39.3 Å². The Hall–Kier alpha value is -1.36. The van der Waals surface area contributed by atoms with Crippen molar-refractivity contribution in [3.05, 3.63) is 12.4 Å². The third-order valence-electron chi connectivity index (χ3n) is 3.67. The van der Waals surface area contributed by atoms with Gasteiger partial charge in [-0.15, -0.1) is 0 Å². The lowest BCUT2D eigenvalue weighted by Gasteiger charge is -2.21. The highest BCUT2D eigenvalue weighted by molar-refractivity contribution is 5.99. The third-order valence-corrected chi connectivity index (χ3v) is 3.67. The van der Waals surface area contributed by atoms with Gasteiger partial charge in [0.15, 0.2) is 0 Å². The fraction of sp³-hybridized carbons (Fsp3) is 0.692. The maximum absolute atomic E-state index is 12.3. The molecule has 0 spiro atoms. The van der Waals surface area contributed by atoms with Crippen molar-refractivity contribution in [3.63, 3.8) is 0 Å². The van der Waals surface area contributed by atoms with Crippen molar-refractivity contribution in [2.75, 3.05) is 11.4 Å². The second-order valence-corrected chi connectivity index (χ2v) is 5.40. The number of carbonyl (C=O) groups excluding carboxylic acids is 1. The molecule has 1 aromatic heterocycles. The quantitative estimate of drug-likeness (QED) is 0.872. The number of hydrogen-bond acceptors (Lipinski definition) is 3. The molecule has 1 N–H and O–H groups in total. The molecular formula is C13H22N4O. The molecule has 0 radical (unpaired) electrons. The summed E-state index contributed by atoms with van der Waals surface area (Å²) in [5, 5.41) is 7.53. The Bertz CT molecular complexity index is 426. The fourth-order valence-corrected chi connectivity index (χ4v) is 2.15. The van der Waals surface area contributed by atoms with Crippen LogP contribution in [0.4, 0.5) is 5.69 Å². The van der Waals surface area contributed by atoms with E-state index in [1.807, 2.05) is 18.1 Å². The summed E-state index contributed by atoms with van der Waals surface area (Å²) in [5.74, 6) is 0.695. The second kappa shape index (κ2) is 5.10. The van der Waals surface area contributed by atoms with Crippen LogP contribution < -0.4 is 10.2 Å². The predicted molar refractivity (Wildman–Crippen MR) is 71.4 cm³/mol. The van der Waals surface area contributed by atoms with Gasteiger partial charge in [-0.3, -0.25) is 9.48 Å². The lowest BCUT2D eigenvalue weighted by molar-refractivity contribution is -0.119.